The van der Waals surface area contributed by atoms with E-state index in [0.29, 0.717) is 0 Å². The Morgan fingerprint density at radius 2 is 2.05 bits per heavy atom. The average Bonchev–Trinajstić information content (AvgIpc) is 2.81. The maximum Gasteiger partial charge on any atom is 0.147 e. The largest absolute Gasteiger partial charge is 0.496 e. The van der Waals surface area contributed by atoms with E-state index >= 15 is 0 Å². The highest BCUT2D eigenvalue weighted by Gasteiger charge is 2.17. The van der Waals surface area contributed by atoms with Gasteiger partial charge in [0.25, 0.3) is 0 Å². The lowest BCUT2D eigenvalue weighted by atomic mass is 10.1. The summed E-state index contributed by atoms with van der Waals surface area (Å²) in [7, 11) is 1.71. The summed E-state index contributed by atoms with van der Waals surface area (Å²) in [5, 5.41) is 8.04. The van der Waals surface area contributed by atoms with Crippen molar-refractivity contribution in [3.05, 3.63) is 41.5 Å². The molecule has 1 atom stereocenters. The molecule has 1 aromatic carbocycles. The van der Waals surface area contributed by atoms with Gasteiger partial charge in [0.15, 0.2) is 0 Å². The Labute approximate surface area is 126 Å². The fourth-order valence-electron chi connectivity index (χ4n) is 2.45. The number of ether oxygens (including phenoxy) is 1. The molecule has 114 valence electrons. The molecule has 0 saturated carbocycles. The van der Waals surface area contributed by atoms with Crippen LogP contribution < -0.4 is 10.1 Å². The van der Waals surface area contributed by atoms with E-state index in [1.165, 1.54) is 0 Å². The van der Waals surface area contributed by atoms with Crippen molar-refractivity contribution in [3.8, 4) is 5.75 Å². The fourth-order valence-corrected chi connectivity index (χ4v) is 2.45. The van der Waals surface area contributed by atoms with Crippen LogP contribution in [0.5, 0.6) is 5.75 Å². The van der Waals surface area contributed by atoms with Gasteiger partial charge in [0, 0.05) is 5.56 Å². The van der Waals surface area contributed by atoms with Gasteiger partial charge in [-0.1, -0.05) is 25.1 Å². The quantitative estimate of drug-likeness (QED) is 0.851. The number of nitrogens with one attached hydrogen (secondary N) is 1. The molecule has 0 aliphatic heterocycles. The molecule has 0 aliphatic rings. The smallest absolute Gasteiger partial charge is 0.147 e. The van der Waals surface area contributed by atoms with Crippen LogP contribution >= 0.6 is 0 Å². The molecule has 1 unspecified atom stereocenters. The first-order valence-corrected chi connectivity index (χ1v) is 7.40. The molecule has 1 heterocycles. The van der Waals surface area contributed by atoms with E-state index < -0.39 is 0 Å². The topological polar surface area (TPSA) is 52.0 Å². The number of rotatable bonds is 7. The SMILES string of the molecule is CCCNC(Cn1nc(C)nc1C)c1ccccc1OC. The molecule has 1 N–H and O–H groups in total. The van der Waals surface area contributed by atoms with Crippen LogP contribution in [-0.4, -0.2) is 28.4 Å². The second-order valence-corrected chi connectivity index (χ2v) is 5.14. The van der Waals surface area contributed by atoms with E-state index in [4.69, 9.17) is 4.74 Å². The third-order valence-electron chi connectivity index (χ3n) is 3.47. The van der Waals surface area contributed by atoms with Crippen molar-refractivity contribution < 1.29 is 4.74 Å². The molecule has 0 aliphatic carbocycles. The summed E-state index contributed by atoms with van der Waals surface area (Å²) >= 11 is 0. The van der Waals surface area contributed by atoms with Crippen molar-refractivity contribution in [3.63, 3.8) is 0 Å². The predicted molar refractivity (Wildman–Crippen MR) is 83.5 cm³/mol. The second kappa shape index (κ2) is 7.22. The second-order valence-electron chi connectivity index (χ2n) is 5.14. The number of nitrogens with zero attached hydrogens (tertiary/aromatic N) is 3. The molecule has 0 fully saturated rings. The number of methoxy groups -OCH3 is 1. The Bertz CT molecular complexity index is 579. The lowest BCUT2D eigenvalue weighted by molar-refractivity contribution is 0.381. The van der Waals surface area contributed by atoms with Crippen LogP contribution in [0.15, 0.2) is 24.3 Å². The highest BCUT2D eigenvalue weighted by molar-refractivity contribution is 5.35. The van der Waals surface area contributed by atoms with Crippen LogP contribution in [0.1, 0.15) is 36.6 Å². The molecular formula is C16H24N4O. The third kappa shape index (κ3) is 3.82. The zero-order chi connectivity index (χ0) is 15.2. The van der Waals surface area contributed by atoms with Gasteiger partial charge < -0.3 is 10.1 Å². The van der Waals surface area contributed by atoms with Crippen LogP contribution in [0, 0.1) is 13.8 Å². The number of aryl methyl sites for hydroxylation is 2. The van der Waals surface area contributed by atoms with Crippen LogP contribution in [0.2, 0.25) is 0 Å². The minimum atomic E-state index is 0.154. The van der Waals surface area contributed by atoms with Crippen molar-refractivity contribution in [2.75, 3.05) is 13.7 Å². The van der Waals surface area contributed by atoms with Gasteiger partial charge in [-0.3, -0.25) is 0 Å². The molecular weight excluding hydrogens is 264 g/mol. The van der Waals surface area contributed by atoms with E-state index in [2.05, 4.69) is 28.4 Å². The van der Waals surface area contributed by atoms with E-state index in [0.717, 1.165) is 42.5 Å². The van der Waals surface area contributed by atoms with E-state index in [1.807, 2.05) is 36.7 Å². The maximum absolute atomic E-state index is 5.49. The van der Waals surface area contributed by atoms with E-state index in [1.54, 1.807) is 7.11 Å². The van der Waals surface area contributed by atoms with E-state index in [9.17, 15) is 0 Å². The molecule has 0 saturated heterocycles. The van der Waals surface area contributed by atoms with Gasteiger partial charge in [0.1, 0.15) is 17.4 Å². The van der Waals surface area contributed by atoms with Crippen molar-refractivity contribution >= 4 is 0 Å². The van der Waals surface area contributed by atoms with Crippen molar-refractivity contribution in [1.82, 2.24) is 20.1 Å². The highest BCUT2D eigenvalue weighted by atomic mass is 16.5. The van der Waals surface area contributed by atoms with Gasteiger partial charge in [-0.05, 0) is 32.9 Å². The summed E-state index contributed by atoms with van der Waals surface area (Å²) in [6, 6.07) is 8.28. The Morgan fingerprint density at radius 1 is 1.29 bits per heavy atom. The average molecular weight is 288 g/mol. The number of para-hydroxylation sites is 1. The van der Waals surface area contributed by atoms with Crippen LogP contribution in [0.25, 0.3) is 0 Å². The van der Waals surface area contributed by atoms with Gasteiger partial charge in [0.2, 0.25) is 0 Å². The number of hydrogen-bond donors (Lipinski definition) is 1. The molecule has 0 radical (unpaired) electrons. The molecule has 2 aromatic rings. The zero-order valence-electron chi connectivity index (χ0n) is 13.3. The van der Waals surface area contributed by atoms with Gasteiger partial charge >= 0.3 is 0 Å². The summed E-state index contributed by atoms with van der Waals surface area (Å²) in [4.78, 5) is 4.37. The predicted octanol–water partition coefficient (Wildman–Crippen LogP) is 2.64. The highest BCUT2D eigenvalue weighted by Crippen LogP contribution is 2.26. The fraction of sp³-hybridized carbons (Fsp3) is 0.500. The first-order valence-electron chi connectivity index (χ1n) is 7.40. The van der Waals surface area contributed by atoms with Crippen molar-refractivity contribution in [2.45, 2.75) is 39.8 Å². The number of aromatic nitrogens is 3. The van der Waals surface area contributed by atoms with Gasteiger partial charge in [-0.2, -0.15) is 5.10 Å². The molecule has 5 nitrogen and oxygen atoms in total. The van der Waals surface area contributed by atoms with Crippen LogP contribution in [0.3, 0.4) is 0 Å². The molecule has 0 amide bonds. The van der Waals surface area contributed by atoms with Crippen LogP contribution in [-0.2, 0) is 6.54 Å². The summed E-state index contributed by atoms with van der Waals surface area (Å²) in [6.45, 7) is 7.76. The van der Waals surface area contributed by atoms with Gasteiger partial charge in [-0.15, -0.1) is 0 Å². The lowest BCUT2D eigenvalue weighted by Gasteiger charge is -2.21. The number of benzene rings is 1. The standard InChI is InChI=1S/C16H24N4O/c1-5-10-17-15(11-20-13(3)18-12(2)19-20)14-8-6-7-9-16(14)21-4/h6-9,15,17H,5,10-11H2,1-4H3. The Morgan fingerprint density at radius 3 is 2.67 bits per heavy atom. The molecule has 21 heavy (non-hydrogen) atoms. The normalized spacial score (nSPS) is 12.4. The summed E-state index contributed by atoms with van der Waals surface area (Å²) in [6.07, 6.45) is 1.08. The Hall–Kier alpha value is -1.88. The molecule has 5 heteroatoms. The molecule has 1 aromatic heterocycles. The molecule has 2 rings (SSSR count). The Balaban J connectivity index is 2.27. The summed E-state index contributed by atoms with van der Waals surface area (Å²) in [5.41, 5.74) is 1.15. The van der Waals surface area contributed by atoms with Gasteiger partial charge in [-0.25, -0.2) is 9.67 Å². The minimum absolute atomic E-state index is 0.154. The maximum atomic E-state index is 5.49. The monoisotopic (exact) mass is 288 g/mol. The van der Waals surface area contributed by atoms with Gasteiger partial charge in [0.05, 0.1) is 19.7 Å². The van der Waals surface area contributed by atoms with Crippen molar-refractivity contribution in [1.29, 1.82) is 0 Å². The minimum Gasteiger partial charge on any atom is -0.496 e. The summed E-state index contributed by atoms with van der Waals surface area (Å²) < 4.78 is 7.45. The molecule has 0 spiro atoms. The molecule has 0 bridgehead atoms. The zero-order valence-corrected chi connectivity index (χ0v) is 13.3. The van der Waals surface area contributed by atoms with E-state index in [-0.39, 0.29) is 6.04 Å². The first-order chi connectivity index (χ1) is 10.2. The van der Waals surface area contributed by atoms with Crippen LogP contribution in [0.4, 0.5) is 0 Å². The van der Waals surface area contributed by atoms with Crippen molar-refractivity contribution in [2.24, 2.45) is 0 Å². The Kier molecular flexibility index (Phi) is 5.33. The third-order valence-corrected chi connectivity index (χ3v) is 3.47. The lowest BCUT2D eigenvalue weighted by Crippen LogP contribution is -2.27. The summed E-state index contributed by atoms with van der Waals surface area (Å²) in [5.74, 6) is 2.65. The number of hydrogen-bond acceptors (Lipinski definition) is 4. The first kappa shape index (κ1) is 15.5.